The quantitative estimate of drug-likeness (QED) is 0.198. The van der Waals surface area contributed by atoms with Crippen molar-refractivity contribution < 1.29 is 18.7 Å². The van der Waals surface area contributed by atoms with E-state index in [0.717, 1.165) is 5.69 Å². The summed E-state index contributed by atoms with van der Waals surface area (Å²) in [6.45, 7) is 6.28. The number of halogens is 1. The molecule has 3 heterocycles. The topological polar surface area (TPSA) is 146 Å². The van der Waals surface area contributed by atoms with Crippen LogP contribution in [0.15, 0.2) is 72.0 Å². The van der Waals surface area contributed by atoms with Crippen LogP contribution in [0.1, 0.15) is 65.9 Å². The van der Waals surface area contributed by atoms with E-state index >= 15 is 0 Å². The van der Waals surface area contributed by atoms with Crippen LogP contribution in [0, 0.1) is 18.2 Å². The Balaban J connectivity index is 0.00000235. The summed E-state index contributed by atoms with van der Waals surface area (Å²) in [5.41, 5.74) is 9.34. The van der Waals surface area contributed by atoms with Gasteiger partial charge in [-0.2, -0.15) is 0 Å². The van der Waals surface area contributed by atoms with Gasteiger partial charge in [0.05, 0.1) is 24.9 Å². The molecule has 3 aromatic rings. The maximum atomic E-state index is 15.0. The Labute approximate surface area is 269 Å². The summed E-state index contributed by atoms with van der Waals surface area (Å²) in [4.78, 5) is 37.0. The van der Waals surface area contributed by atoms with E-state index < -0.39 is 11.9 Å². The van der Waals surface area contributed by atoms with Gasteiger partial charge in [0.2, 0.25) is 5.91 Å². The second-order valence-electron chi connectivity index (χ2n) is 11.0. The van der Waals surface area contributed by atoms with Gasteiger partial charge in [0.15, 0.2) is 0 Å². The highest BCUT2D eigenvalue weighted by atomic mass is 19.1. The van der Waals surface area contributed by atoms with E-state index in [0.29, 0.717) is 59.5 Å². The smallest absolute Gasteiger partial charge is 0.251 e. The summed E-state index contributed by atoms with van der Waals surface area (Å²) in [6.07, 6.45) is 8.47. The molecule has 2 aliphatic heterocycles. The highest BCUT2D eigenvalue weighted by Crippen LogP contribution is 2.28. The predicted molar refractivity (Wildman–Crippen MR) is 179 cm³/mol. The monoisotopic (exact) mass is 627 g/mol. The second kappa shape index (κ2) is 15.9. The van der Waals surface area contributed by atoms with Gasteiger partial charge in [-0.3, -0.25) is 29.9 Å². The molecule has 5 rings (SSSR count). The fourth-order valence-corrected chi connectivity index (χ4v) is 5.61. The van der Waals surface area contributed by atoms with Gasteiger partial charge in [0.1, 0.15) is 11.6 Å². The van der Waals surface area contributed by atoms with Gasteiger partial charge in [-0.1, -0.05) is 19.9 Å². The molecule has 2 aliphatic rings. The van der Waals surface area contributed by atoms with Crippen LogP contribution >= 0.6 is 0 Å². The first kappa shape index (κ1) is 34.0. The van der Waals surface area contributed by atoms with Crippen LogP contribution in [0.2, 0.25) is 0 Å². The minimum Gasteiger partial charge on any atom is -0.496 e. The first-order valence-electron chi connectivity index (χ1n) is 15.5. The summed E-state index contributed by atoms with van der Waals surface area (Å²) < 4.78 is 20.4. The maximum Gasteiger partial charge on any atom is 0.251 e. The number of nitrogens with one attached hydrogen (secondary N) is 3. The zero-order valence-corrected chi connectivity index (χ0v) is 26.7. The lowest BCUT2D eigenvalue weighted by molar-refractivity contribution is -0.128. The number of benzene rings is 2. The van der Waals surface area contributed by atoms with Crippen molar-refractivity contribution in [3.05, 3.63) is 101 Å². The van der Waals surface area contributed by atoms with E-state index in [4.69, 9.17) is 15.9 Å². The number of ether oxygens (including phenoxy) is 1. The van der Waals surface area contributed by atoms with Gasteiger partial charge in [0, 0.05) is 77.8 Å². The number of aliphatic imine (C=N–C) groups is 1. The summed E-state index contributed by atoms with van der Waals surface area (Å²) in [5.74, 6) is -0.527. The summed E-state index contributed by atoms with van der Waals surface area (Å²) in [6, 6.07) is 12.0. The molecule has 0 bridgehead atoms. The van der Waals surface area contributed by atoms with Crippen LogP contribution in [-0.4, -0.2) is 65.4 Å². The van der Waals surface area contributed by atoms with Gasteiger partial charge in [-0.25, -0.2) is 4.39 Å². The van der Waals surface area contributed by atoms with E-state index in [1.165, 1.54) is 13.2 Å². The summed E-state index contributed by atoms with van der Waals surface area (Å²) in [5, 5.41) is 14.8. The van der Waals surface area contributed by atoms with Crippen LogP contribution in [0.25, 0.3) is 0 Å². The minimum atomic E-state index is -0.535. The maximum absolute atomic E-state index is 15.0. The van der Waals surface area contributed by atoms with Gasteiger partial charge in [-0.05, 0) is 68.3 Å². The fourth-order valence-electron chi connectivity index (χ4n) is 5.61. The first-order valence-corrected chi connectivity index (χ1v) is 15.5. The Morgan fingerprint density at radius 1 is 1.11 bits per heavy atom. The SMILES string of the molecule is CC.COc1cccc(F)c1CN1C[C@H](NC(=O)c2ccc(N)c(C(=N)c3ccnc(C)c3)c2)CCC1C(=O)NC1C=CN=CC1. The molecule has 1 saturated heterocycles. The number of carbonyl (C=O) groups excluding carboxylic acids is 2. The molecule has 0 aliphatic carbocycles. The number of likely N-dealkylation sites (tertiary alicyclic amines) is 1. The number of carbonyl (C=O) groups is 2. The molecular formula is C35H42FN7O3. The third-order valence-corrected chi connectivity index (χ3v) is 7.95. The average Bonchev–Trinajstić information content (AvgIpc) is 3.07. The lowest BCUT2D eigenvalue weighted by Crippen LogP contribution is -2.57. The molecule has 2 unspecified atom stereocenters. The highest BCUT2D eigenvalue weighted by Gasteiger charge is 2.35. The fraction of sp³-hybridized carbons (Fsp3) is 0.343. The number of nitrogens with two attached hydrogens (primary N) is 1. The molecule has 0 saturated carbocycles. The molecule has 0 radical (unpaired) electrons. The van der Waals surface area contributed by atoms with E-state index in [1.54, 1.807) is 61.1 Å². The lowest BCUT2D eigenvalue weighted by Gasteiger charge is -2.39. The Morgan fingerprint density at radius 2 is 1.91 bits per heavy atom. The van der Waals surface area contributed by atoms with E-state index in [2.05, 4.69) is 20.6 Å². The van der Waals surface area contributed by atoms with Gasteiger partial charge in [0.25, 0.3) is 5.91 Å². The molecule has 1 aromatic heterocycles. The number of hydrogen-bond acceptors (Lipinski definition) is 8. The standard InChI is InChI=1S/C33H36FN7O3.C2H6/c1-20-16-21(10-15-38-20)31(36)25-17-22(6-8-28(25)35)32(42)40-24-7-9-29(33(43)39-23-11-13-37-14-12-23)41(18-24)19-26-27(34)4-3-5-30(26)44-2;1-2/h3-6,8,10-11,13-17,23-24,29,36H,7,9,12,18-19,35H2,1-2H3,(H,39,43)(H,40,42);1-2H3/t23?,24-,29?;/m1./s1. The van der Waals surface area contributed by atoms with E-state index in [1.807, 2.05) is 31.7 Å². The zero-order chi connectivity index (χ0) is 33.2. The van der Waals surface area contributed by atoms with Gasteiger partial charge < -0.3 is 21.1 Å². The number of pyridine rings is 1. The van der Waals surface area contributed by atoms with Crippen molar-refractivity contribution in [3.8, 4) is 5.75 Å². The van der Waals surface area contributed by atoms with Crippen molar-refractivity contribution in [1.29, 1.82) is 5.41 Å². The van der Waals surface area contributed by atoms with Gasteiger partial charge in [-0.15, -0.1) is 0 Å². The van der Waals surface area contributed by atoms with Crippen molar-refractivity contribution in [2.24, 2.45) is 4.99 Å². The number of aromatic nitrogens is 1. The number of aryl methyl sites for hydroxylation is 1. The van der Waals surface area contributed by atoms with Crippen LogP contribution in [0.4, 0.5) is 10.1 Å². The van der Waals surface area contributed by atoms with Crippen LogP contribution in [-0.2, 0) is 11.3 Å². The third-order valence-electron chi connectivity index (χ3n) is 7.95. The molecule has 1 fully saturated rings. The van der Waals surface area contributed by atoms with Crippen LogP contribution in [0.3, 0.4) is 0 Å². The summed E-state index contributed by atoms with van der Waals surface area (Å²) in [7, 11) is 1.48. The normalized spacial score (nSPS) is 19.0. The van der Waals surface area contributed by atoms with Crippen molar-refractivity contribution in [2.45, 2.75) is 64.7 Å². The molecule has 11 heteroatoms. The number of rotatable bonds is 9. The van der Waals surface area contributed by atoms with Crippen LogP contribution < -0.4 is 21.1 Å². The van der Waals surface area contributed by atoms with Gasteiger partial charge >= 0.3 is 0 Å². The zero-order valence-electron chi connectivity index (χ0n) is 26.7. The number of hydrogen-bond donors (Lipinski definition) is 4. The first-order chi connectivity index (χ1) is 22.2. The largest absolute Gasteiger partial charge is 0.496 e. The van der Waals surface area contributed by atoms with Crippen molar-refractivity contribution in [2.75, 3.05) is 19.4 Å². The highest BCUT2D eigenvalue weighted by molar-refractivity contribution is 6.14. The number of nitrogen functional groups attached to an aromatic ring is 1. The summed E-state index contributed by atoms with van der Waals surface area (Å²) >= 11 is 0. The number of nitrogens with zero attached hydrogens (tertiary/aromatic N) is 3. The van der Waals surface area contributed by atoms with Crippen molar-refractivity contribution in [3.63, 3.8) is 0 Å². The lowest BCUT2D eigenvalue weighted by atomic mass is 9.95. The second-order valence-corrected chi connectivity index (χ2v) is 11.0. The number of piperidine rings is 1. The van der Waals surface area contributed by atoms with Crippen molar-refractivity contribution in [1.82, 2.24) is 20.5 Å². The van der Waals surface area contributed by atoms with E-state index in [9.17, 15) is 14.0 Å². The molecule has 0 spiro atoms. The molecule has 5 N–H and O–H groups in total. The minimum absolute atomic E-state index is 0.122. The Bertz CT molecular complexity index is 1620. The van der Waals surface area contributed by atoms with Crippen LogP contribution in [0.5, 0.6) is 5.75 Å². The molecule has 242 valence electrons. The molecule has 3 atom stereocenters. The van der Waals surface area contributed by atoms with Crippen molar-refractivity contribution >= 4 is 29.4 Å². The van der Waals surface area contributed by atoms with E-state index in [-0.39, 0.29) is 36.2 Å². The molecular weight excluding hydrogens is 585 g/mol. The Kier molecular flexibility index (Phi) is 11.7. The molecule has 46 heavy (non-hydrogen) atoms. The number of methoxy groups -OCH3 is 1. The molecule has 2 aromatic carbocycles. The number of anilines is 1. The third kappa shape index (κ3) is 8.22. The molecule has 10 nitrogen and oxygen atoms in total. The molecule has 2 amide bonds. The predicted octanol–water partition coefficient (Wildman–Crippen LogP) is 4.80. The Morgan fingerprint density at radius 3 is 2.63 bits per heavy atom. The number of amides is 2. The average molecular weight is 628 g/mol. The Hall–Kier alpha value is -4.90.